The van der Waals surface area contributed by atoms with Crippen LogP contribution in [0.15, 0.2) is 36.7 Å². The fraction of sp³-hybridized carbons (Fsp3) is 0.524. The predicted octanol–water partition coefficient (Wildman–Crippen LogP) is 2.43. The van der Waals surface area contributed by atoms with Crippen LogP contribution in [-0.4, -0.2) is 61.0 Å². The zero-order chi connectivity index (χ0) is 19.8. The van der Waals surface area contributed by atoms with E-state index < -0.39 is 0 Å². The second kappa shape index (κ2) is 10.1. The van der Waals surface area contributed by atoms with Gasteiger partial charge in [-0.3, -0.25) is 9.48 Å². The van der Waals surface area contributed by atoms with E-state index in [9.17, 15) is 4.79 Å². The Labute approximate surface area is 166 Å². The van der Waals surface area contributed by atoms with Crippen molar-refractivity contribution in [2.24, 2.45) is 5.92 Å². The van der Waals surface area contributed by atoms with E-state index in [4.69, 9.17) is 9.47 Å². The molecular formula is C21H30N4O3. The second-order valence-corrected chi connectivity index (χ2v) is 7.24. The quantitative estimate of drug-likeness (QED) is 0.717. The average Bonchev–Trinajstić information content (AvgIpc) is 3.25. The summed E-state index contributed by atoms with van der Waals surface area (Å²) >= 11 is 0. The summed E-state index contributed by atoms with van der Waals surface area (Å²) in [6.07, 6.45) is 7.23. The molecule has 1 amide bonds. The zero-order valence-electron chi connectivity index (χ0n) is 16.8. The Morgan fingerprint density at radius 2 is 2.00 bits per heavy atom. The number of nitrogens with zero attached hydrogens (tertiary/aromatic N) is 3. The topological polar surface area (TPSA) is 68.6 Å². The van der Waals surface area contributed by atoms with E-state index in [1.54, 1.807) is 32.4 Å². The van der Waals surface area contributed by atoms with Gasteiger partial charge in [0, 0.05) is 43.7 Å². The normalized spacial score (nSPS) is 17.3. The molecule has 152 valence electrons. The molecule has 1 aliphatic heterocycles. The minimum Gasteiger partial charge on any atom is -0.497 e. The molecule has 0 saturated carbocycles. The van der Waals surface area contributed by atoms with Crippen molar-refractivity contribution in [1.82, 2.24) is 20.0 Å². The molecule has 0 bridgehead atoms. The maximum Gasteiger partial charge on any atom is 0.251 e. The average molecular weight is 386 g/mol. The van der Waals surface area contributed by atoms with Crippen molar-refractivity contribution in [1.29, 1.82) is 0 Å². The van der Waals surface area contributed by atoms with Crippen LogP contribution in [0.25, 0.3) is 0 Å². The lowest BCUT2D eigenvalue weighted by atomic mass is 9.97. The SMILES string of the molecule is COc1cc(OC)cc(C(=O)NC[C@@H]2CCCN(CCCn3cccn3)C2)c1. The van der Waals surface area contributed by atoms with Gasteiger partial charge in [0.1, 0.15) is 11.5 Å². The molecule has 0 radical (unpaired) electrons. The van der Waals surface area contributed by atoms with Crippen LogP contribution in [-0.2, 0) is 6.54 Å². The standard InChI is InChI=1S/C21H30N4O3/c1-27-19-12-18(13-20(14-19)28-2)21(26)22-15-17-6-3-8-24(16-17)9-5-11-25-10-4-7-23-25/h4,7,10,12-14,17H,3,5-6,8-9,11,15-16H2,1-2H3,(H,22,26)/t17-/m0/s1. The molecule has 3 rings (SSSR count). The minimum atomic E-state index is -0.0898. The van der Waals surface area contributed by atoms with E-state index in [-0.39, 0.29) is 5.91 Å². The summed E-state index contributed by atoms with van der Waals surface area (Å²) in [6, 6.07) is 7.19. The van der Waals surface area contributed by atoms with Crippen LogP contribution in [0.2, 0.25) is 0 Å². The molecule has 1 saturated heterocycles. The largest absolute Gasteiger partial charge is 0.497 e. The number of benzene rings is 1. The van der Waals surface area contributed by atoms with E-state index in [1.807, 2.05) is 23.1 Å². The third-order valence-corrected chi connectivity index (χ3v) is 5.19. The van der Waals surface area contributed by atoms with Crippen LogP contribution in [0.5, 0.6) is 11.5 Å². The number of aromatic nitrogens is 2. The maximum absolute atomic E-state index is 12.6. The Morgan fingerprint density at radius 3 is 2.68 bits per heavy atom. The van der Waals surface area contributed by atoms with Crippen LogP contribution in [0.1, 0.15) is 29.6 Å². The summed E-state index contributed by atoms with van der Waals surface area (Å²) in [5, 5.41) is 7.33. The van der Waals surface area contributed by atoms with Gasteiger partial charge < -0.3 is 19.7 Å². The number of rotatable bonds is 9. The first-order valence-electron chi connectivity index (χ1n) is 9.89. The summed E-state index contributed by atoms with van der Waals surface area (Å²) < 4.78 is 12.5. The minimum absolute atomic E-state index is 0.0898. The van der Waals surface area contributed by atoms with E-state index in [0.29, 0.717) is 29.5 Å². The fourth-order valence-electron chi connectivity index (χ4n) is 3.69. The van der Waals surface area contributed by atoms with Crippen molar-refractivity contribution >= 4 is 5.91 Å². The van der Waals surface area contributed by atoms with Gasteiger partial charge in [0.25, 0.3) is 5.91 Å². The Hall–Kier alpha value is -2.54. The first kappa shape index (κ1) is 20.2. The number of nitrogens with one attached hydrogen (secondary N) is 1. The lowest BCUT2D eigenvalue weighted by molar-refractivity contribution is 0.0931. The maximum atomic E-state index is 12.6. The molecule has 1 aromatic heterocycles. The van der Waals surface area contributed by atoms with E-state index >= 15 is 0 Å². The summed E-state index contributed by atoms with van der Waals surface area (Å²) in [6.45, 7) is 4.87. The van der Waals surface area contributed by atoms with Crippen molar-refractivity contribution in [2.45, 2.75) is 25.8 Å². The zero-order valence-corrected chi connectivity index (χ0v) is 16.8. The number of hydrogen-bond donors (Lipinski definition) is 1. The highest BCUT2D eigenvalue weighted by Crippen LogP contribution is 2.22. The molecule has 0 unspecified atom stereocenters. The monoisotopic (exact) mass is 386 g/mol. The number of ether oxygens (including phenoxy) is 2. The van der Waals surface area contributed by atoms with Crippen LogP contribution >= 0.6 is 0 Å². The van der Waals surface area contributed by atoms with Crippen molar-refractivity contribution in [3.63, 3.8) is 0 Å². The number of likely N-dealkylation sites (tertiary alicyclic amines) is 1. The second-order valence-electron chi connectivity index (χ2n) is 7.24. The first-order valence-corrected chi connectivity index (χ1v) is 9.89. The highest BCUT2D eigenvalue weighted by molar-refractivity contribution is 5.95. The van der Waals surface area contributed by atoms with Crippen molar-refractivity contribution in [3.05, 3.63) is 42.2 Å². The Morgan fingerprint density at radius 1 is 1.21 bits per heavy atom. The van der Waals surface area contributed by atoms with Crippen LogP contribution in [0.4, 0.5) is 0 Å². The Bertz CT molecular complexity index is 726. The number of carbonyl (C=O) groups excluding carboxylic acids is 1. The van der Waals surface area contributed by atoms with E-state index in [1.165, 1.54) is 6.42 Å². The molecule has 2 heterocycles. The number of amides is 1. The van der Waals surface area contributed by atoms with E-state index in [0.717, 1.165) is 39.0 Å². The molecule has 1 aliphatic rings. The molecule has 1 N–H and O–H groups in total. The van der Waals surface area contributed by atoms with Crippen LogP contribution in [0, 0.1) is 5.92 Å². The molecule has 1 atom stereocenters. The third kappa shape index (κ3) is 5.73. The summed E-state index contributed by atoms with van der Waals surface area (Å²) in [5.74, 6) is 1.62. The van der Waals surface area contributed by atoms with Crippen molar-refractivity contribution in [2.75, 3.05) is 40.4 Å². The van der Waals surface area contributed by atoms with Crippen LogP contribution < -0.4 is 14.8 Å². The molecule has 1 fully saturated rings. The van der Waals surface area contributed by atoms with Gasteiger partial charge in [-0.15, -0.1) is 0 Å². The van der Waals surface area contributed by atoms with Gasteiger partial charge in [0.2, 0.25) is 0 Å². The molecule has 28 heavy (non-hydrogen) atoms. The molecule has 0 aliphatic carbocycles. The number of methoxy groups -OCH3 is 2. The number of carbonyl (C=O) groups is 1. The van der Waals surface area contributed by atoms with Gasteiger partial charge >= 0.3 is 0 Å². The van der Waals surface area contributed by atoms with Gasteiger partial charge in [0.05, 0.1) is 14.2 Å². The van der Waals surface area contributed by atoms with Crippen molar-refractivity contribution < 1.29 is 14.3 Å². The molecule has 2 aromatic rings. The highest BCUT2D eigenvalue weighted by Gasteiger charge is 2.20. The molecule has 7 heteroatoms. The molecule has 7 nitrogen and oxygen atoms in total. The van der Waals surface area contributed by atoms with Gasteiger partial charge in [-0.2, -0.15) is 5.10 Å². The molecular weight excluding hydrogens is 356 g/mol. The predicted molar refractivity (Wildman–Crippen MR) is 108 cm³/mol. The van der Waals surface area contributed by atoms with Crippen molar-refractivity contribution in [3.8, 4) is 11.5 Å². The number of aryl methyl sites for hydroxylation is 1. The molecule has 1 aromatic carbocycles. The lowest BCUT2D eigenvalue weighted by Gasteiger charge is -2.32. The number of hydrogen-bond acceptors (Lipinski definition) is 5. The smallest absolute Gasteiger partial charge is 0.251 e. The fourth-order valence-corrected chi connectivity index (χ4v) is 3.69. The summed E-state index contributed by atoms with van der Waals surface area (Å²) in [5.41, 5.74) is 0.558. The Kier molecular flexibility index (Phi) is 7.31. The van der Waals surface area contributed by atoms with Gasteiger partial charge in [-0.05, 0) is 56.5 Å². The van der Waals surface area contributed by atoms with Gasteiger partial charge in [-0.25, -0.2) is 0 Å². The summed E-state index contributed by atoms with van der Waals surface area (Å²) in [7, 11) is 3.17. The van der Waals surface area contributed by atoms with Gasteiger partial charge in [0.15, 0.2) is 0 Å². The van der Waals surface area contributed by atoms with Crippen LogP contribution in [0.3, 0.4) is 0 Å². The van der Waals surface area contributed by atoms with E-state index in [2.05, 4.69) is 15.3 Å². The number of piperidine rings is 1. The third-order valence-electron chi connectivity index (χ3n) is 5.19. The Balaban J connectivity index is 1.45. The lowest BCUT2D eigenvalue weighted by Crippen LogP contribution is -2.41. The molecule has 0 spiro atoms. The van der Waals surface area contributed by atoms with Gasteiger partial charge in [-0.1, -0.05) is 0 Å². The first-order chi connectivity index (χ1) is 13.7. The summed E-state index contributed by atoms with van der Waals surface area (Å²) in [4.78, 5) is 15.1. The highest BCUT2D eigenvalue weighted by atomic mass is 16.5.